The van der Waals surface area contributed by atoms with Gasteiger partial charge >= 0.3 is 11.9 Å². The van der Waals surface area contributed by atoms with Gasteiger partial charge < -0.3 is 9.47 Å². The summed E-state index contributed by atoms with van der Waals surface area (Å²) in [6.07, 6.45) is 0. The molecule has 5 aromatic rings. The van der Waals surface area contributed by atoms with Crippen LogP contribution in [-0.2, 0) is 0 Å². The lowest BCUT2D eigenvalue weighted by atomic mass is 9.95. The fourth-order valence-corrected chi connectivity index (χ4v) is 3.78. The van der Waals surface area contributed by atoms with Crippen LogP contribution < -0.4 is 9.47 Å². The smallest absolute Gasteiger partial charge is 0.345 e. The zero-order valence-corrected chi connectivity index (χ0v) is 17.0. The molecule has 0 bridgehead atoms. The molecule has 0 atom stereocenters. The van der Waals surface area contributed by atoms with Gasteiger partial charge in [-0.05, 0) is 51.9 Å². The van der Waals surface area contributed by atoms with Crippen LogP contribution >= 0.6 is 0 Å². The van der Waals surface area contributed by atoms with Crippen LogP contribution in [0.3, 0.4) is 0 Å². The van der Waals surface area contributed by atoms with Crippen LogP contribution in [-0.4, -0.2) is 11.9 Å². The number of fused-ring (bicyclic) bond motifs is 3. The Bertz CT molecular complexity index is 1440. The van der Waals surface area contributed by atoms with Crippen LogP contribution in [0.15, 0.2) is 109 Å². The molecule has 0 fully saturated rings. The van der Waals surface area contributed by atoms with Crippen molar-refractivity contribution < 1.29 is 19.1 Å². The van der Waals surface area contributed by atoms with Gasteiger partial charge in [0.05, 0.1) is 11.1 Å². The monoisotopic (exact) mass is 418 g/mol. The van der Waals surface area contributed by atoms with E-state index in [9.17, 15) is 9.59 Å². The van der Waals surface area contributed by atoms with Crippen molar-refractivity contribution in [3.8, 4) is 11.5 Å². The van der Waals surface area contributed by atoms with Gasteiger partial charge in [0.15, 0.2) is 0 Å². The van der Waals surface area contributed by atoms with Gasteiger partial charge in [-0.25, -0.2) is 9.59 Å². The summed E-state index contributed by atoms with van der Waals surface area (Å²) in [7, 11) is 0. The highest BCUT2D eigenvalue weighted by molar-refractivity contribution is 6.18. The quantitative estimate of drug-likeness (QED) is 0.192. The van der Waals surface area contributed by atoms with Crippen molar-refractivity contribution in [3.63, 3.8) is 0 Å². The molecule has 0 amide bonds. The molecule has 32 heavy (non-hydrogen) atoms. The van der Waals surface area contributed by atoms with Crippen LogP contribution in [0, 0.1) is 0 Å². The first-order valence-electron chi connectivity index (χ1n) is 10.2. The lowest BCUT2D eigenvalue weighted by Crippen LogP contribution is -2.18. The predicted molar refractivity (Wildman–Crippen MR) is 124 cm³/mol. The van der Waals surface area contributed by atoms with E-state index >= 15 is 0 Å². The molecule has 0 radical (unpaired) electrons. The molecule has 0 spiro atoms. The standard InChI is InChI=1S/C28H18O4/c29-27(31-20-10-3-1-4-11-20)25-18-17-23-22-14-8-7-9-19(22)15-16-24(23)26(25)28(30)32-21-12-5-2-6-13-21/h1-18H. The van der Waals surface area contributed by atoms with E-state index in [0.29, 0.717) is 16.9 Å². The summed E-state index contributed by atoms with van der Waals surface area (Å²) in [5, 5.41) is 3.52. The van der Waals surface area contributed by atoms with Crippen LogP contribution in [0.1, 0.15) is 20.7 Å². The number of carbonyl (C=O) groups excluding carboxylic acids is 2. The minimum atomic E-state index is -0.619. The third kappa shape index (κ3) is 3.70. The van der Waals surface area contributed by atoms with Crippen molar-refractivity contribution in [2.24, 2.45) is 0 Å². The van der Waals surface area contributed by atoms with E-state index in [4.69, 9.17) is 9.47 Å². The molecule has 0 saturated heterocycles. The fraction of sp³-hybridized carbons (Fsp3) is 0. The van der Waals surface area contributed by atoms with Gasteiger partial charge in [-0.1, -0.05) is 78.9 Å². The molecule has 154 valence electrons. The van der Waals surface area contributed by atoms with Gasteiger partial charge in [0, 0.05) is 0 Å². The normalized spacial score (nSPS) is 10.8. The summed E-state index contributed by atoms with van der Waals surface area (Å²) in [5.41, 5.74) is 0.329. The molecular formula is C28H18O4. The molecule has 0 unspecified atom stereocenters. The molecular weight excluding hydrogens is 400 g/mol. The van der Waals surface area contributed by atoms with E-state index in [1.54, 1.807) is 54.6 Å². The second-order valence-electron chi connectivity index (χ2n) is 7.28. The number of carbonyl (C=O) groups is 2. The Kier molecular flexibility index (Phi) is 5.10. The summed E-state index contributed by atoms with van der Waals surface area (Å²) in [6, 6.07) is 32.7. The summed E-state index contributed by atoms with van der Waals surface area (Å²) in [6.45, 7) is 0. The average molecular weight is 418 g/mol. The molecule has 0 aliphatic heterocycles. The minimum Gasteiger partial charge on any atom is -0.423 e. The first-order valence-corrected chi connectivity index (χ1v) is 10.2. The lowest BCUT2D eigenvalue weighted by molar-refractivity contribution is 0.0693. The third-order valence-electron chi connectivity index (χ3n) is 5.26. The largest absolute Gasteiger partial charge is 0.423 e. The number of para-hydroxylation sites is 2. The molecule has 0 aliphatic carbocycles. The lowest BCUT2D eigenvalue weighted by Gasteiger charge is -2.14. The first kappa shape index (κ1) is 19.5. The van der Waals surface area contributed by atoms with Crippen LogP contribution in [0.5, 0.6) is 11.5 Å². The highest BCUT2D eigenvalue weighted by atomic mass is 16.5. The summed E-state index contributed by atoms with van der Waals surface area (Å²) in [5.74, 6) is -0.431. The number of ether oxygens (including phenoxy) is 2. The number of esters is 2. The van der Waals surface area contributed by atoms with Gasteiger partial charge in [-0.3, -0.25) is 0 Å². The second-order valence-corrected chi connectivity index (χ2v) is 7.28. The molecule has 0 heterocycles. The first-order chi connectivity index (χ1) is 15.7. The molecule has 4 heteroatoms. The summed E-state index contributed by atoms with van der Waals surface area (Å²) >= 11 is 0. The topological polar surface area (TPSA) is 52.6 Å². The number of hydrogen-bond acceptors (Lipinski definition) is 4. The maximum absolute atomic E-state index is 13.3. The highest BCUT2D eigenvalue weighted by Gasteiger charge is 2.24. The van der Waals surface area contributed by atoms with E-state index < -0.39 is 11.9 Å². The molecule has 0 N–H and O–H groups in total. The highest BCUT2D eigenvalue weighted by Crippen LogP contribution is 2.31. The molecule has 5 rings (SSSR count). The maximum Gasteiger partial charge on any atom is 0.345 e. The van der Waals surface area contributed by atoms with Crippen molar-refractivity contribution in [3.05, 3.63) is 120 Å². The number of benzene rings is 5. The minimum absolute atomic E-state index is 0.151. The van der Waals surface area contributed by atoms with E-state index in [1.165, 1.54) is 0 Å². The summed E-state index contributed by atoms with van der Waals surface area (Å²) < 4.78 is 11.1. The molecule has 0 saturated carbocycles. The van der Waals surface area contributed by atoms with E-state index in [2.05, 4.69) is 0 Å². The SMILES string of the molecule is O=C(Oc1ccccc1)c1ccc2c(ccc3ccccc32)c1C(=O)Oc1ccccc1. The van der Waals surface area contributed by atoms with Crippen LogP contribution in [0.4, 0.5) is 0 Å². The third-order valence-corrected chi connectivity index (χ3v) is 5.26. The van der Waals surface area contributed by atoms with Gasteiger partial charge in [0.1, 0.15) is 11.5 Å². The van der Waals surface area contributed by atoms with Crippen molar-refractivity contribution in [2.75, 3.05) is 0 Å². The molecule has 0 aromatic heterocycles. The van der Waals surface area contributed by atoms with Gasteiger partial charge in [-0.15, -0.1) is 0 Å². The zero-order chi connectivity index (χ0) is 21.9. The Morgan fingerprint density at radius 2 is 1.03 bits per heavy atom. The predicted octanol–water partition coefficient (Wildman–Crippen LogP) is 6.43. The zero-order valence-electron chi connectivity index (χ0n) is 17.0. The van der Waals surface area contributed by atoms with Crippen LogP contribution in [0.25, 0.3) is 21.5 Å². The molecule has 0 aliphatic rings. The maximum atomic E-state index is 13.3. The van der Waals surface area contributed by atoms with Crippen molar-refractivity contribution >= 4 is 33.5 Å². The Labute approximate surface area is 184 Å². The van der Waals surface area contributed by atoms with Gasteiger partial charge in [0.2, 0.25) is 0 Å². The average Bonchev–Trinajstić information content (AvgIpc) is 2.84. The van der Waals surface area contributed by atoms with Crippen molar-refractivity contribution in [1.29, 1.82) is 0 Å². The Balaban J connectivity index is 1.66. The van der Waals surface area contributed by atoms with Crippen molar-refractivity contribution in [1.82, 2.24) is 0 Å². The van der Waals surface area contributed by atoms with Gasteiger partial charge in [-0.2, -0.15) is 0 Å². The Hall–Kier alpha value is -4.44. The Morgan fingerprint density at radius 1 is 0.469 bits per heavy atom. The summed E-state index contributed by atoms with van der Waals surface area (Å²) in [4.78, 5) is 26.4. The van der Waals surface area contributed by atoms with Crippen molar-refractivity contribution in [2.45, 2.75) is 0 Å². The second kappa shape index (κ2) is 8.36. The van der Waals surface area contributed by atoms with E-state index in [0.717, 1.165) is 16.2 Å². The number of rotatable bonds is 4. The van der Waals surface area contributed by atoms with Gasteiger partial charge in [0.25, 0.3) is 0 Å². The fourth-order valence-electron chi connectivity index (χ4n) is 3.78. The van der Waals surface area contributed by atoms with Crippen LogP contribution in [0.2, 0.25) is 0 Å². The molecule has 5 aromatic carbocycles. The Morgan fingerprint density at radius 3 is 1.72 bits per heavy atom. The van der Waals surface area contributed by atoms with E-state index in [-0.39, 0.29) is 11.1 Å². The van der Waals surface area contributed by atoms with E-state index in [1.807, 2.05) is 54.6 Å². The number of hydrogen-bond donors (Lipinski definition) is 0. The molecule has 4 nitrogen and oxygen atoms in total.